The van der Waals surface area contributed by atoms with Crippen LogP contribution in [0.1, 0.15) is 49.4 Å². The lowest BCUT2D eigenvalue weighted by Gasteiger charge is -2.23. The summed E-state index contributed by atoms with van der Waals surface area (Å²) in [5.41, 5.74) is 7.79. The van der Waals surface area contributed by atoms with Crippen LogP contribution in [0.15, 0.2) is 0 Å². The molecule has 90 valence electrons. The SMILES string of the molecule is COc1c(CN)c(C)nn1C1CCCCC1. The average molecular weight is 223 g/mol. The van der Waals surface area contributed by atoms with Gasteiger partial charge in [-0.15, -0.1) is 0 Å². The predicted octanol–water partition coefficient (Wildman–Crippen LogP) is 2.16. The van der Waals surface area contributed by atoms with E-state index >= 15 is 0 Å². The van der Waals surface area contributed by atoms with Crippen molar-refractivity contribution in [3.05, 3.63) is 11.3 Å². The highest BCUT2D eigenvalue weighted by molar-refractivity contribution is 5.31. The highest BCUT2D eigenvalue weighted by Gasteiger charge is 2.22. The van der Waals surface area contributed by atoms with Gasteiger partial charge in [0.15, 0.2) is 0 Å². The predicted molar refractivity (Wildman–Crippen MR) is 63.5 cm³/mol. The van der Waals surface area contributed by atoms with Crippen molar-refractivity contribution in [3.8, 4) is 5.88 Å². The van der Waals surface area contributed by atoms with Gasteiger partial charge in [-0.25, -0.2) is 4.68 Å². The van der Waals surface area contributed by atoms with Crippen molar-refractivity contribution in [2.45, 2.75) is 51.6 Å². The topological polar surface area (TPSA) is 53.1 Å². The van der Waals surface area contributed by atoms with Gasteiger partial charge in [0.05, 0.1) is 24.4 Å². The van der Waals surface area contributed by atoms with Crippen molar-refractivity contribution >= 4 is 0 Å². The van der Waals surface area contributed by atoms with Crippen LogP contribution in [-0.4, -0.2) is 16.9 Å². The summed E-state index contributed by atoms with van der Waals surface area (Å²) in [6, 6.07) is 0.502. The maximum atomic E-state index is 5.74. The molecule has 1 aliphatic rings. The van der Waals surface area contributed by atoms with E-state index in [0.29, 0.717) is 12.6 Å². The maximum absolute atomic E-state index is 5.74. The Morgan fingerprint density at radius 1 is 1.38 bits per heavy atom. The standard InChI is InChI=1S/C12H21N3O/c1-9-11(8-13)12(16-2)15(14-9)10-6-4-3-5-7-10/h10H,3-8,13H2,1-2H3. The Balaban J connectivity index is 2.31. The van der Waals surface area contributed by atoms with Crippen molar-refractivity contribution < 1.29 is 4.74 Å². The summed E-state index contributed by atoms with van der Waals surface area (Å²) in [4.78, 5) is 0. The number of nitrogens with two attached hydrogens (primary N) is 1. The molecule has 1 fully saturated rings. The zero-order valence-electron chi connectivity index (χ0n) is 10.2. The third-order valence-electron chi connectivity index (χ3n) is 3.48. The molecular formula is C12H21N3O. The highest BCUT2D eigenvalue weighted by atomic mass is 16.5. The molecule has 1 aromatic heterocycles. The van der Waals surface area contributed by atoms with Crippen LogP contribution in [0.4, 0.5) is 0 Å². The van der Waals surface area contributed by atoms with E-state index in [4.69, 9.17) is 10.5 Å². The zero-order valence-corrected chi connectivity index (χ0v) is 10.2. The normalized spacial score (nSPS) is 17.7. The molecular weight excluding hydrogens is 202 g/mol. The fourth-order valence-electron chi connectivity index (χ4n) is 2.59. The number of methoxy groups -OCH3 is 1. The fourth-order valence-corrected chi connectivity index (χ4v) is 2.59. The van der Waals surface area contributed by atoms with Crippen molar-refractivity contribution in [1.29, 1.82) is 0 Å². The van der Waals surface area contributed by atoms with Crippen molar-refractivity contribution in [3.63, 3.8) is 0 Å². The lowest BCUT2D eigenvalue weighted by Crippen LogP contribution is -2.15. The Morgan fingerprint density at radius 2 is 2.06 bits per heavy atom. The highest BCUT2D eigenvalue weighted by Crippen LogP contribution is 2.33. The van der Waals surface area contributed by atoms with Gasteiger partial charge in [0.2, 0.25) is 5.88 Å². The molecule has 1 aliphatic carbocycles. The van der Waals surface area contributed by atoms with E-state index in [2.05, 4.69) is 9.78 Å². The second-order valence-electron chi connectivity index (χ2n) is 4.51. The second-order valence-corrected chi connectivity index (χ2v) is 4.51. The van der Waals surface area contributed by atoms with Gasteiger partial charge in [-0.05, 0) is 19.8 Å². The number of nitrogens with zero attached hydrogens (tertiary/aromatic N) is 2. The Hall–Kier alpha value is -1.03. The smallest absolute Gasteiger partial charge is 0.216 e. The van der Waals surface area contributed by atoms with Crippen LogP contribution in [0, 0.1) is 6.92 Å². The van der Waals surface area contributed by atoms with Gasteiger partial charge in [0, 0.05) is 6.54 Å². The molecule has 0 aliphatic heterocycles. The first-order chi connectivity index (χ1) is 7.77. The summed E-state index contributed by atoms with van der Waals surface area (Å²) < 4.78 is 7.51. The summed E-state index contributed by atoms with van der Waals surface area (Å²) in [6.07, 6.45) is 6.36. The minimum Gasteiger partial charge on any atom is -0.481 e. The molecule has 0 atom stereocenters. The molecule has 0 bridgehead atoms. The van der Waals surface area contributed by atoms with Gasteiger partial charge in [0.25, 0.3) is 0 Å². The lowest BCUT2D eigenvalue weighted by atomic mass is 9.96. The number of hydrogen-bond acceptors (Lipinski definition) is 3. The molecule has 0 amide bonds. The molecule has 1 heterocycles. The molecule has 2 rings (SSSR count). The monoisotopic (exact) mass is 223 g/mol. The van der Waals surface area contributed by atoms with Crippen LogP contribution >= 0.6 is 0 Å². The lowest BCUT2D eigenvalue weighted by molar-refractivity contribution is 0.279. The first-order valence-corrected chi connectivity index (χ1v) is 6.10. The maximum Gasteiger partial charge on any atom is 0.216 e. The Kier molecular flexibility index (Phi) is 3.49. The van der Waals surface area contributed by atoms with E-state index in [1.165, 1.54) is 32.1 Å². The molecule has 2 N–H and O–H groups in total. The molecule has 16 heavy (non-hydrogen) atoms. The Morgan fingerprint density at radius 3 is 2.62 bits per heavy atom. The van der Waals surface area contributed by atoms with E-state index in [1.807, 2.05) is 6.92 Å². The zero-order chi connectivity index (χ0) is 11.5. The minimum absolute atomic E-state index is 0.502. The summed E-state index contributed by atoms with van der Waals surface area (Å²) >= 11 is 0. The van der Waals surface area contributed by atoms with Crippen LogP contribution < -0.4 is 10.5 Å². The van der Waals surface area contributed by atoms with Gasteiger partial charge in [-0.1, -0.05) is 19.3 Å². The number of ether oxygens (including phenoxy) is 1. The van der Waals surface area contributed by atoms with Crippen molar-refractivity contribution in [2.24, 2.45) is 5.73 Å². The van der Waals surface area contributed by atoms with Crippen LogP contribution in [-0.2, 0) is 6.54 Å². The summed E-state index contributed by atoms with van der Waals surface area (Å²) in [5.74, 6) is 0.868. The summed E-state index contributed by atoms with van der Waals surface area (Å²) in [7, 11) is 1.70. The number of aromatic nitrogens is 2. The second kappa shape index (κ2) is 4.87. The van der Waals surface area contributed by atoms with Crippen LogP contribution in [0.3, 0.4) is 0 Å². The largest absolute Gasteiger partial charge is 0.481 e. The van der Waals surface area contributed by atoms with E-state index in [1.54, 1.807) is 7.11 Å². The summed E-state index contributed by atoms with van der Waals surface area (Å²) in [5, 5.41) is 4.59. The molecule has 4 heteroatoms. The van der Waals surface area contributed by atoms with Crippen LogP contribution in [0.25, 0.3) is 0 Å². The molecule has 0 saturated heterocycles. The molecule has 0 spiro atoms. The molecule has 0 radical (unpaired) electrons. The first-order valence-electron chi connectivity index (χ1n) is 6.10. The summed E-state index contributed by atoms with van der Waals surface area (Å²) in [6.45, 7) is 2.51. The first kappa shape index (κ1) is 11.5. The number of hydrogen-bond donors (Lipinski definition) is 1. The van der Waals surface area contributed by atoms with Gasteiger partial charge < -0.3 is 10.5 Å². The quantitative estimate of drug-likeness (QED) is 0.854. The molecule has 0 aromatic carbocycles. The van der Waals surface area contributed by atoms with Crippen LogP contribution in [0.5, 0.6) is 5.88 Å². The molecule has 1 aromatic rings. The number of aryl methyl sites for hydroxylation is 1. The van der Waals surface area contributed by atoms with E-state index in [9.17, 15) is 0 Å². The van der Waals surface area contributed by atoms with Gasteiger partial charge >= 0.3 is 0 Å². The Bertz CT molecular complexity index is 353. The van der Waals surface area contributed by atoms with Gasteiger partial charge in [0.1, 0.15) is 0 Å². The van der Waals surface area contributed by atoms with Gasteiger partial charge in [-0.3, -0.25) is 0 Å². The minimum atomic E-state index is 0.502. The number of rotatable bonds is 3. The molecule has 1 saturated carbocycles. The molecule has 0 unspecified atom stereocenters. The molecule has 4 nitrogen and oxygen atoms in total. The average Bonchev–Trinajstić information content (AvgIpc) is 2.66. The third-order valence-corrected chi connectivity index (χ3v) is 3.48. The van der Waals surface area contributed by atoms with Crippen LogP contribution in [0.2, 0.25) is 0 Å². The van der Waals surface area contributed by atoms with E-state index < -0.39 is 0 Å². The fraction of sp³-hybridized carbons (Fsp3) is 0.750. The third kappa shape index (κ3) is 1.94. The van der Waals surface area contributed by atoms with Crippen molar-refractivity contribution in [1.82, 2.24) is 9.78 Å². The van der Waals surface area contributed by atoms with E-state index in [0.717, 1.165) is 17.1 Å². The van der Waals surface area contributed by atoms with Crippen molar-refractivity contribution in [2.75, 3.05) is 7.11 Å². The van der Waals surface area contributed by atoms with E-state index in [-0.39, 0.29) is 0 Å². The van der Waals surface area contributed by atoms with Gasteiger partial charge in [-0.2, -0.15) is 5.10 Å². The Labute approximate surface area is 96.8 Å².